The van der Waals surface area contributed by atoms with Gasteiger partial charge in [-0.15, -0.1) is 0 Å². The molecule has 2 fully saturated rings. The monoisotopic (exact) mass is 254 g/mol. The largest absolute Gasteiger partial charge is 0.383 e. The van der Waals surface area contributed by atoms with Gasteiger partial charge in [0.05, 0.1) is 6.61 Å². The second-order valence-corrected chi connectivity index (χ2v) is 6.11. The third-order valence-corrected chi connectivity index (χ3v) is 4.54. The molecule has 0 aromatic rings. The van der Waals surface area contributed by atoms with Crippen molar-refractivity contribution >= 4 is 0 Å². The van der Waals surface area contributed by atoms with E-state index in [1.807, 2.05) is 7.11 Å². The molecule has 0 saturated heterocycles. The molecular formula is C15H30N2O. The van der Waals surface area contributed by atoms with Crippen molar-refractivity contribution in [2.45, 2.75) is 64.1 Å². The van der Waals surface area contributed by atoms with Crippen LogP contribution < -0.4 is 5.32 Å². The van der Waals surface area contributed by atoms with Crippen molar-refractivity contribution in [1.29, 1.82) is 0 Å². The van der Waals surface area contributed by atoms with E-state index in [0.29, 0.717) is 6.04 Å². The molecule has 0 aromatic carbocycles. The maximum Gasteiger partial charge on any atom is 0.0589 e. The number of hydrogen-bond acceptors (Lipinski definition) is 3. The standard InChI is InChI=1S/C15H30N2O/c1-4-16-14-8-5-12(2)11-15(14)17(9-10-18-3)13-6-7-13/h12-16H,4-11H2,1-3H3. The molecule has 0 heterocycles. The molecule has 3 unspecified atom stereocenters. The normalized spacial score (nSPS) is 33.0. The molecule has 2 rings (SSSR count). The molecule has 18 heavy (non-hydrogen) atoms. The summed E-state index contributed by atoms with van der Waals surface area (Å²) >= 11 is 0. The molecule has 1 N–H and O–H groups in total. The van der Waals surface area contributed by atoms with E-state index in [9.17, 15) is 0 Å². The lowest BCUT2D eigenvalue weighted by atomic mass is 9.82. The van der Waals surface area contributed by atoms with Crippen LogP contribution in [-0.2, 0) is 4.74 Å². The van der Waals surface area contributed by atoms with Crippen LogP contribution in [0, 0.1) is 5.92 Å². The van der Waals surface area contributed by atoms with Crippen molar-refractivity contribution in [2.24, 2.45) is 5.92 Å². The van der Waals surface area contributed by atoms with Gasteiger partial charge >= 0.3 is 0 Å². The molecule has 2 aliphatic carbocycles. The van der Waals surface area contributed by atoms with Crippen LogP contribution in [-0.4, -0.2) is 49.8 Å². The smallest absolute Gasteiger partial charge is 0.0589 e. The first-order valence-corrected chi connectivity index (χ1v) is 7.74. The van der Waals surface area contributed by atoms with Gasteiger partial charge in [0, 0.05) is 31.8 Å². The van der Waals surface area contributed by atoms with E-state index < -0.39 is 0 Å². The highest BCUT2D eigenvalue weighted by Crippen LogP contribution is 2.35. The zero-order chi connectivity index (χ0) is 13.0. The highest BCUT2D eigenvalue weighted by atomic mass is 16.5. The summed E-state index contributed by atoms with van der Waals surface area (Å²) < 4.78 is 5.30. The quantitative estimate of drug-likeness (QED) is 0.754. The van der Waals surface area contributed by atoms with Crippen LogP contribution in [0.4, 0.5) is 0 Å². The van der Waals surface area contributed by atoms with Gasteiger partial charge in [0.1, 0.15) is 0 Å². The van der Waals surface area contributed by atoms with Gasteiger partial charge in [0.15, 0.2) is 0 Å². The van der Waals surface area contributed by atoms with Crippen LogP contribution in [0.2, 0.25) is 0 Å². The Bertz CT molecular complexity index is 243. The average molecular weight is 254 g/mol. The number of nitrogens with zero attached hydrogens (tertiary/aromatic N) is 1. The molecule has 3 atom stereocenters. The van der Waals surface area contributed by atoms with Gasteiger partial charge in [-0.2, -0.15) is 0 Å². The fourth-order valence-electron chi connectivity index (χ4n) is 3.44. The van der Waals surface area contributed by atoms with Gasteiger partial charge in [-0.05, 0) is 44.6 Å². The molecule has 0 radical (unpaired) electrons. The summed E-state index contributed by atoms with van der Waals surface area (Å²) in [6, 6.07) is 2.27. The minimum absolute atomic E-state index is 0.698. The topological polar surface area (TPSA) is 24.5 Å². The first-order valence-electron chi connectivity index (χ1n) is 7.74. The van der Waals surface area contributed by atoms with E-state index in [-0.39, 0.29) is 0 Å². The van der Waals surface area contributed by atoms with Crippen LogP contribution in [0.25, 0.3) is 0 Å². The van der Waals surface area contributed by atoms with Gasteiger partial charge in [-0.1, -0.05) is 13.8 Å². The summed E-state index contributed by atoms with van der Waals surface area (Å²) in [5.74, 6) is 0.883. The van der Waals surface area contributed by atoms with Crippen molar-refractivity contribution in [3.63, 3.8) is 0 Å². The predicted molar refractivity (Wildman–Crippen MR) is 75.9 cm³/mol. The van der Waals surface area contributed by atoms with Crippen molar-refractivity contribution in [1.82, 2.24) is 10.2 Å². The Hall–Kier alpha value is -0.120. The van der Waals surface area contributed by atoms with Gasteiger partial charge < -0.3 is 10.1 Å². The van der Waals surface area contributed by atoms with E-state index in [4.69, 9.17) is 4.74 Å². The van der Waals surface area contributed by atoms with E-state index >= 15 is 0 Å². The number of nitrogens with one attached hydrogen (secondary N) is 1. The minimum atomic E-state index is 0.698. The summed E-state index contributed by atoms with van der Waals surface area (Å²) in [6.45, 7) is 7.72. The first-order chi connectivity index (χ1) is 8.76. The van der Waals surface area contributed by atoms with Crippen LogP contribution in [0.3, 0.4) is 0 Å². The van der Waals surface area contributed by atoms with Crippen LogP contribution >= 0.6 is 0 Å². The number of ether oxygens (including phenoxy) is 1. The van der Waals surface area contributed by atoms with Gasteiger partial charge in [-0.25, -0.2) is 0 Å². The molecule has 0 bridgehead atoms. The molecule has 0 spiro atoms. The Balaban J connectivity index is 1.98. The van der Waals surface area contributed by atoms with Gasteiger partial charge in [-0.3, -0.25) is 4.90 Å². The minimum Gasteiger partial charge on any atom is -0.383 e. The Morgan fingerprint density at radius 3 is 2.61 bits per heavy atom. The molecule has 0 aromatic heterocycles. The lowest BCUT2D eigenvalue weighted by molar-refractivity contribution is 0.0651. The third-order valence-electron chi connectivity index (χ3n) is 4.54. The van der Waals surface area contributed by atoms with Crippen LogP contribution in [0.5, 0.6) is 0 Å². The maximum absolute atomic E-state index is 5.30. The summed E-state index contributed by atoms with van der Waals surface area (Å²) in [7, 11) is 1.82. The highest BCUT2D eigenvalue weighted by molar-refractivity contribution is 4.96. The fraction of sp³-hybridized carbons (Fsp3) is 1.00. The number of hydrogen-bond donors (Lipinski definition) is 1. The Kier molecular flexibility index (Phi) is 5.46. The van der Waals surface area contributed by atoms with E-state index in [1.54, 1.807) is 0 Å². The number of methoxy groups -OCH3 is 1. The molecule has 2 saturated carbocycles. The number of likely N-dealkylation sites (N-methyl/N-ethyl adjacent to an activating group) is 1. The number of rotatable bonds is 7. The molecule has 2 aliphatic rings. The fourth-order valence-corrected chi connectivity index (χ4v) is 3.44. The average Bonchev–Trinajstić information content (AvgIpc) is 3.17. The van der Waals surface area contributed by atoms with Gasteiger partial charge in [0.2, 0.25) is 0 Å². The zero-order valence-corrected chi connectivity index (χ0v) is 12.3. The van der Waals surface area contributed by atoms with E-state index in [0.717, 1.165) is 37.7 Å². The van der Waals surface area contributed by atoms with Crippen LogP contribution in [0.1, 0.15) is 46.0 Å². The summed E-state index contributed by atoms with van der Waals surface area (Å²) in [6.07, 6.45) is 6.88. The second-order valence-electron chi connectivity index (χ2n) is 6.11. The van der Waals surface area contributed by atoms with Crippen LogP contribution in [0.15, 0.2) is 0 Å². The lowest BCUT2D eigenvalue weighted by Crippen LogP contribution is -2.54. The molecular weight excluding hydrogens is 224 g/mol. The molecule has 0 amide bonds. The van der Waals surface area contributed by atoms with Crippen molar-refractivity contribution in [2.75, 3.05) is 26.8 Å². The molecule has 106 valence electrons. The third kappa shape index (κ3) is 3.69. The molecule has 0 aliphatic heterocycles. The first kappa shape index (κ1) is 14.3. The zero-order valence-electron chi connectivity index (χ0n) is 12.3. The summed E-state index contributed by atoms with van der Waals surface area (Å²) in [4.78, 5) is 2.74. The van der Waals surface area contributed by atoms with Gasteiger partial charge in [0.25, 0.3) is 0 Å². The van der Waals surface area contributed by atoms with Crippen molar-refractivity contribution in [3.05, 3.63) is 0 Å². The van der Waals surface area contributed by atoms with E-state index in [2.05, 4.69) is 24.1 Å². The Labute approximate surface area is 112 Å². The highest BCUT2D eigenvalue weighted by Gasteiger charge is 2.39. The Morgan fingerprint density at radius 1 is 1.22 bits per heavy atom. The second kappa shape index (κ2) is 6.88. The molecule has 3 heteroatoms. The SMILES string of the molecule is CCNC1CCC(C)CC1N(CCOC)C1CC1. The maximum atomic E-state index is 5.30. The summed E-state index contributed by atoms with van der Waals surface area (Å²) in [5, 5.41) is 3.71. The van der Waals surface area contributed by atoms with Crippen molar-refractivity contribution in [3.8, 4) is 0 Å². The summed E-state index contributed by atoms with van der Waals surface area (Å²) in [5.41, 5.74) is 0. The lowest BCUT2D eigenvalue weighted by Gasteiger charge is -2.42. The van der Waals surface area contributed by atoms with Crippen molar-refractivity contribution < 1.29 is 4.74 Å². The molecule has 3 nitrogen and oxygen atoms in total. The predicted octanol–water partition coefficient (Wildman–Crippen LogP) is 2.26. The van der Waals surface area contributed by atoms with E-state index in [1.165, 1.54) is 32.1 Å². The Morgan fingerprint density at radius 2 is 2.00 bits per heavy atom.